The highest BCUT2D eigenvalue weighted by molar-refractivity contribution is 6.31. The molecular weight excluding hydrogens is 292 g/mol. The Kier molecular flexibility index (Phi) is 7.19. The molecule has 5 nitrogen and oxygen atoms in total. The van der Waals surface area contributed by atoms with E-state index in [2.05, 4.69) is 10.1 Å². The van der Waals surface area contributed by atoms with Crippen LogP contribution >= 0.6 is 11.6 Å². The van der Waals surface area contributed by atoms with Crippen LogP contribution in [0.25, 0.3) is 0 Å². The number of anilines is 1. The maximum Gasteiger partial charge on any atom is 0.306 e. The fourth-order valence-electron chi connectivity index (χ4n) is 1.77. The molecule has 0 unspecified atom stereocenters. The van der Waals surface area contributed by atoms with Crippen molar-refractivity contribution in [3.63, 3.8) is 0 Å². The molecule has 0 fully saturated rings. The van der Waals surface area contributed by atoms with Crippen molar-refractivity contribution in [2.24, 2.45) is 0 Å². The van der Waals surface area contributed by atoms with Crippen LogP contribution in [0.3, 0.4) is 0 Å². The fraction of sp³-hybridized carbons (Fsp3) is 0.467. The molecule has 0 saturated carbocycles. The van der Waals surface area contributed by atoms with E-state index in [1.54, 1.807) is 6.07 Å². The largest absolute Gasteiger partial charge is 0.469 e. The maximum absolute atomic E-state index is 12.0. The van der Waals surface area contributed by atoms with Crippen molar-refractivity contribution in [1.29, 1.82) is 0 Å². The molecule has 21 heavy (non-hydrogen) atoms. The molecule has 0 aliphatic carbocycles. The van der Waals surface area contributed by atoms with Crippen LogP contribution in [0.5, 0.6) is 0 Å². The smallest absolute Gasteiger partial charge is 0.306 e. The molecule has 116 valence electrons. The van der Waals surface area contributed by atoms with Crippen LogP contribution in [0, 0.1) is 6.92 Å². The van der Waals surface area contributed by atoms with E-state index in [0.29, 0.717) is 23.8 Å². The average molecular weight is 313 g/mol. The summed E-state index contributed by atoms with van der Waals surface area (Å²) >= 11 is 6.02. The Morgan fingerprint density at radius 2 is 2.10 bits per heavy atom. The molecule has 0 spiro atoms. The number of rotatable bonds is 7. The predicted octanol–water partition coefficient (Wildman–Crippen LogP) is 2.47. The molecule has 0 saturated heterocycles. The lowest BCUT2D eigenvalue weighted by molar-refractivity contribution is -0.141. The molecule has 0 aliphatic rings. The van der Waals surface area contributed by atoms with Gasteiger partial charge in [0.05, 0.1) is 20.1 Å². The van der Waals surface area contributed by atoms with E-state index in [4.69, 9.17) is 11.6 Å². The monoisotopic (exact) mass is 312 g/mol. The summed E-state index contributed by atoms with van der Waals surface area (Å²) in [6, 6.07) is 5.39. The number of aryl methyl sites for hydroxylation is 1. The molecule has 6 heteroatoms. The van der Waals surface area contributed by atoms with E-state index in [-0.39, 0.29) is 24.8 Å². The summed E-state index contributed by atoms with van der Waals surface area (Å²) in [5, 5.41) is 3.41. The third-order valence-electron chi connectivity index (χ3n) is 3.13. The number of amides is 1. The minimum atomic E-state index is -0.279. The summed E-state index contributed by atoms with van der Waals surface area (Å²) in [5.74, 6) is -0.416. The summed E-state index contributed by atoms with van der Waals surface area (Å²) < 4.78 is 4.59. The third kappa shape index (κ3) is 6.14. The first kappa shape index (κ1) is 17.5. The Morgan fingerprint density at radius 3 is 2.67 bits per heavy atom. The molecule has 1 amide bonds. The van der Waals surface area contributed by atoms with E-state index >= 15 is 0 Å². The van der Waals surface area contributed by atoms with Gasteiger partial charge < -0.3 is 10.1 Å². The van der Waals surface area contributed by atoms with Gasteiger partial charge in [-0.1, -0.05) is 24.6 Å². The van der Waals surface area contributed by atoms with Crippen LogP contribution in [0.2, 0.25) is 5.02 Å². The van der Waals surface area contributed by atoms with Crippen LogP contribution in [0.1, 0.15) is 18.9 Å². The standard InChI is InChI=1S/C15H21ClN2O3/c1-4-18(8-7-15(20)21-3)10-14(19)17-12-6-5-11(2)13(16)9-12/h5-6,9H,4,7-8,10H2,1-3H3,(H,17,19). The fourth-order valence-corrected chi connectivity index (χ4v) is 1.96. The van der Waals surface area contributed by atoms with E-state index in [1.807, 2.05) is 30.9 Å². The first-order valence-corrected chi connectivity index (χ1v) is 7.19. The highest BCUT2D eigenvalue weighted by Gasteiger charge is 2.11. The van der Waals surface area contributed by atoms with Crippen LogP contribution < -0.4 is 5.32 Å². The number of ether oxygens (including phenoxy) is 1. The molecule has 1 N–H and O–H groups in total. The summed E-state index contributed by atoms with van der Waals surface area (Å²) in [6.45, 7) is 5.23. The number of nitrogens with zero attached hydrogens (tertiary/aromatic N) is 1. The number of likely N-dealkylation sites (N-methyl/N-ethyl adjacent to an activating group) is 1. The number of methoxy groups -OCH3 is 1. The van der Waals surface area contributed by atoms with Crippen molar-refractivity contribution in [2.45, 2.75) is 20.3 Å². The Balaban J connectivity index is 2.50. The van der Waals surface area contributed by atoms with Gasteiger partial charge in [0.25, 0.3) is 0 Å². The first-order chi connectivity index (χ1) is 9.96. The maximum atomic E-state index is 12.0. The van der Waals surface area contributed by atoms with Gasteiger partial charge in [-0.15, -0.1) is 0 Å². The highest BCUT2D eigenvalue weighted by Crippen LogP contribution is 2.19. The van der Waals surface area contributed by atoms with E-state index < -0.39 is 0 Å². The second-order valence-corrected chi connectivity index (χ2v) is 5.11. The minimum Gasteiger partial charge on any atom is -0.469 e. The summed E-state index contributed by atoms with van der Waals surface area (Å²) in [5.41, 5.74) is 1.63. The van der Waals surface area contributed by atoms with E-state index in [0.717, 1.165) is 5.56 Å². The summed E-state index contributed by atoms with van der Waals surface area (Å²) in [4.78, 5) is 25.0. The van der Waals surface area contributed by atoms with Crippen molar-refractivity contribution in [3.05, 3.63) is 28.8 Å². The molecule has 1 aromatic carbocycles. The third-order valence-corrected chi connectivity index (χ3v) is 3.54. The Bertz CT molecular complexity index is 506. The van der Waals surface area contributed by atoms with Gasteiger partial charge in [0.1, 0.15) is 0 Å². The van der Waals surface area contributed by atoms with E-state index in [9.17, 15) is 9.59 Å². The molecule has 0 bridgehead atoms. The number of benzene rings is 1. The van der Waals surface area contributed by atoms with Gasteiger partial charge in [-0.25, -0.2) is 0 Å². The topological polar surface area (TPSA) is 58.6 Å². The zero-order valence-corrected chi connectivity index (χ0v) is 13.4. The second kappa shape index (κ2) is 8.64. The number of carbonyl (C=O) groups is 2. The van der Waals surface area contributed by atoms with Gasteiger partial charge in [0.15, 0.2) is 0 Å². The quantitative estimate of drug-likeness (QED) is 0.786. The van der Waals surface area contributed by atoms with Gasteiger partial charge in [-0.3, -0.25) is 14.5 Å². The molecule has 0 heterocycles. The lowest BCUT2D eigenvalue weighted by Crippen LogP contribution is -2.34. The van der Waals surface area contributed by atoms with Gasteiger partial charge in [-0.05, 0) is 31.2 Å². The van der Waals surface area contributed by atoms with Gasteiger partial charge >= 0.3 is 5.97 Å². The number of nitrogens with one attached hydrogen (secondary N) is 1. The molecule has 1 rings (SSSR count). The molecule has 0 aliphatic heterocycles. The Labute approximate surface area is 130 Å². The van der Waals surface area contributed by atoms with Crippen molar-refractivity contribution in [2.75, 3.05) is 32.1 Å². The van der Waals surface area contributed by atoms with Gasteiger partial charge in [-0.2, -0.15) is 0 Å². The Hall–Kier alpha value is -1.59. The molecule has 1 aromatic rings. The summed E-state index contributed by atoms with van der Waals surface area (Å²) in [6.07, 6.45) is 0.272. The van der Waals surface area contributed by atoms with Crippen molar-refractivity contribution in [1.82, 2.24) is 4.90 Å². The number of halogens is 1. The predicted molar refractivity (Wildman–Crippen MR) is 83.6 cm³/mol. The zero-order chi connectivity index (χ0) is 15.8. The van der Waals surface area contributed by atoms with E-state index in [1.165, 1.54) is 7.11 Å². The minimum absolute atomic E-state index is 0.137. The number of hydrogen-bond donors (Lipinski definition) is 1. The molecule has 0 radical (unpaired) electrons. The lowest BCUT2D eigenvalue weighted by atomic mass is 10.2. The van der Waals surface area contributed by atoms with Gasteiger partial charge in [0, 0.05) is 17.3 Å². The SMILES string of the molecule is CCN(CCC(=O)OC)CC(=O)Nc1ccc(C)c(Cl)c1. The first-order valence-electron chi connectivity index (χ1n) is 6.81. The second-order valence-electron chi connectivity index (χ2n) is 4.71. The number of hydrogen-bond acceptors (Lipinski definition) is 4. The van der Waals surface area contributed by atoms with Crippen molar-refractivity contribution < 1.29 is 14.3 Å². The van der Waals surface area contributed by atoms with Crippen LogP contribution in [0.4, 0.5) is 5.69 Å². The van der Waals surface area contributed by atoms with Crippen LogP contribution in [-0.2, 0) is 14.3 Å². The number of carbonyl (C=O) groups excluding carboxylic acids is 2. The molecule has 0 aromatic heterocycles. The molecular formula is C15H21ClN2O3. The normalized spacial score (nSPS) is 10.5. The zero-order valence-electron chi connectivity index (χ0n) is 12.6. The van der Waals surface area contributed by atoms with Crippen molar-refractivity contribution in [3.8, 4) is 0 Å². The molecule has 0 atom stereocenters. The summed E-state index contributed by atoms with van der Waals surface area (Å²) in [7, 11) is 1.35. The average Bonchev–Trinajstić information content (AvgIpc) is 2.46. The van der Waals surface area contributed by atoms with Crippen LogP contribution in [-0.4, -0.2) is 43.5 Å². The van der Waals surface area contributed by atoms with Crippen LogP contribution in [0.15, 0.2) is 18.2 Å². The lowest BCUT2D eigenvalue weighted by Gasteiger charge is -2.19. The van der Waals surface area contributed by atoms with Crippen molar-refractivity contribution >= 4 is 29.2 Å². The number of esters is 1. The Morgan fingerprint density at radius 1 is 1.38 bits per heavy atom. The highest BCUT2D eigenvalue weighted by atomic mass is 35.5. The van der Waals surface area contributed by atoms with Gasteiger partial charge in [0.2, 0.25) is 5.91 Å².